The van der Waals surface area contributed by atoms with Gasteiger partial charge in [0.25, 0.3) is 0 Å². The Balaban J connectivity index is 2.17. The van der Waals surface area contributed by atoms with Crippen molar-refractivity contribution in [3.63, 3.8) is 0 Å². The number of halogens is 1. The Morgan fingerprint density at radius 2 is 1.96 bits per heavy atom. The fourth-order valence-corrected chi connectivity index (χ4v) is 2.71. The first kappa shape index (κ1) is 18.3. The van der Waals surface area contributed by atoms with Crippen LogP contribution in [0.25, 0.3) is 0 Å². The molecule has 0 fully saturated rings. The van der Waals surface area contributed by atoms with Gasteiger partial charge < -0.3 is 14.7 Å². The molecule has 0 heterocycles. The summed E-state index contributed by atoms with van der Waals surface area (Å²) in [6.45, 7) is 2.92. The average Bonchev–Trinajstić information content (AvgIpc) is 2.55. The van der Waals surface area contributed by atoms with Gasteiger partial charge in [-0.1, -0.05) is 35.9 Å². The van der Waals surface area contributed by atoms with Crippen LogP contribution in [0.1, 0.15) is 24.1 Å². The van der Waals surface area contributed by atoms with Crippen molar-refractivity contribution in [1.29, 1.82) is 0 Å². The number of phenolic OH excluding ortho intramolecular Hbond substituents is 1. The summed E-state index contributed by atoms with van der Waals surface area (Å²) in [4.78, 5) is 6.58. The van der Waals surface area contributed by atoms with Crippen molar-refractivity contribution in [1.82, 2.24) is 4.90 Å². The van der Waals surface area contributed by atoms with Gasteiger partial charge >= 0.3 is 0 Å². The summed E-state index contributed by atoms with van der Waals surface area (Å²) < 4.78 is 5.39. The largest absolute Gasteiger partial charge is 0.504 e. The maximum Gasteiger partial charge on any atom is 0.166 e. The molecule has 0 aliphatic rings. The number of phenols is 1. The molecule has 128 valence electrons. The molecule has 0 spiro atoms. The molecule has 0 aliphatic carbocycles. The highest BCUT2D eigenvalue weighted by atomic mass is 35.5. The molecule has 0 aliphatic heterocycles. The normalized spacial score (nSPS) is 12.7. The Kier molecular flexibility index (Phi) is 6.64. The Bertz CT molecular complexity index is 702. The summed E-state index contributed by atoms with van der Waals surface area (Å²) in [5, 5.41) is 10.9. The second-order valence-corrected chi connectivity index (χ2v) is 6.03. The lowest BCUT2D eigenvalue weighted by Crippen LogP contribution is -2.23. The van der Waals surface area contributed by atoms with E-state index in [0.29, 0.717) is 24.5 Å². The zero-order chi connectivity index (χ0) is 17.5. The number of benzene rings is 2. The van der Waals surface area contributed by atoms with E-state index < -0.39 is 0 Å². The van der Waals surface area contributed by atoms with E-state index >= 15 is 0 Å². The fraction of sp³-hybridized carbons (Fsp3) is 0.316. The number of rotatable bonds is 7. The quantitative estimate of drug-likeness (QED) is 0.765. The number of nitrogens with zero attached hydrogens (tertiary/aromatic N) is 2. The van der Waals surface area contributed by atoms with Crippen LogP contribution in [0.5, 0.6) is 11.5 Å². The van der Waals surface area contributed by atoms with Gasteiger partial charge in [-0.25, -0.2) is 0 Å². The molecule has 0 unspecified atom stereocenters. The summed E-state index contributed by atoms with van der Waals surface area (Å²) in [7, 11) is 3.99. The third kappa shape index (κ3) is 4.49. The molecule has 0 bridgehead atoms. The molecule has 1 atom stereocenters. The minimum Gasteiger partial charge on any atom is -0.504 e. The number of ether oxygens (including phenoxy) is 1. The van der Waals surface area contributed by atoms with E-state index in [1.807, 2.05) is 57.4 Å². The molecule has 0 amide bonds. The SMILES string of the molecule is CCOc1cccc(C=NC[C@H](c2ccccc2Cl)N(C)C)c1O. The van der Waals surface area contributed by atoms with Crippen molar-refractivity contribution in [2.75, 3.05) is 27.2 Å². The third-order valence-electron chi connectivity index (χ3n) is 3.73. The van der Waals surface area contributed by atoms with Crippen LogP contribution in [0.2, 0.25) is 5.02 Å². The average molecular weight is 347 g/mol. The Morgan fingerprint density at radius 3 is 2.62 bits per heavy atom. The van der Waals surface area contributed by atoms with Gasteiger partial charge in [0, 0.05) is 16.8 Å². The summed E-state index contributed by atoms with van der Waals surface area (Å²) >= 11 is 6.30. The van der Waals surface area contributed by atoms with Gasteiger partial charge in [0.2, 0.25) is 0 Å². The number of hydrogen-bond acceptors (Lipinski definition) is 4. The van der Waals surface area contributed by atoms with E-state index in [-0.39, 0.29) is 11.8 Å². The lowest BCUT2D eigenvalue weighted by atomic mass is 10.1. The Labute approximate surface area is 148 Å². The molecule has 1 N–H and O–H groups in total. The third-order valence-corrected chi connectivity index (χ3v) is 4.07. The first-order valence-corrected chi connectivity index (χ1v) is 8.27. The van der Waals surface area contributed by atoms with Crippen molar-refractivity contribution >= 4 is 17.8 Å². The zero-order valence-electron chi connectivity index (χ0n) is 14.2. The maximum absolute atomic E-state index is 10.2. The van der Waals surface area contributed by atoms with Crippen molar-refractivity contribution in [2.24, 2.45) is 4.99 Å². The number of aromatic hydroxyl groups is 1. The summed E-state index contributed by atoms with van der Waals surface area (Å²) in [5.74, 6) is 0.582. The van der Waals surface area contributed by atoms with Crippen molar-refractivity contribution < 1.29 is 9.84 Å². The van der Waals surface area contributed by atoms with Crippen LogP contribution >= 0.6 is 11.6 Å². The van der Waals surface area contributed by atoms with Crippen molar-refractivity contribution in [3.8, 4) is 11.5 Å². The molecule has 4 nitrogen and oxygen atoms in total. The van der Waals surface area contributed by atoms with Gasteiger partial charge in [0.15, 0.2) is 11.5 Å². The van der Waals surface area contributed by atoms with Crippen LogP contribution in [-0.2, 0) is 0 Å². The highest BCUT2D eigenvalue weighted by molar-refractivity contribution is 6.31. The first-order valence-electron chi connectivity index (χ1n) is 7.90. The first-order chi connectivity index (χ1) is 11.5. The molecule has 0 aromatic heterocycles. The number of hydrogen-bond donors (Lipinski definition) is 1. The minimum atomic E-state index is 0.0622. The van der Waals surface area contributed by atoms with Gasteiger partial charge in [-0.3, -0.25) is 4.99 Å². The lowest BCUT2D eigenvalue weighted by Gasteiger charge is -2.24. The second-order valence-electron chi connectivity index (χ2n) is 5.62. The predicted octanol–water partition coefficient (Wildman–Crippen LogP) is 4.17. The van der Waals surface area contributed by atoms with Crippen LogP contribution < -0.4 is 4.74 Å². The second kappa shape index (κ2) is 8.71. The van der Waals surface area contributed by atoms with Gasteiger partial charge in [-0.2, -0.15) is 0 Å². The van der Waals surface area contributed by atoms with E-state index in [2.05, 4.69) is 9.89 Å². The highest BCUT2D eigenvalue weighted by Gasteiger charge is 2.16. The molecule has 2 aromatic carbocycles. The van der Waals surface area contributed by atoms with Crippen molar-refractivity contribution in [3.05, 3.63) is 58.6 Å². The molecule has 5 heteroatoms. The molecular weight excluding hydrogens is 324 g/mol. The number of para-hydroxylation sites is 1. The Morgan fingerprint density at radius 1 is 1.21 bits per heavy atom. The lowest BCUT2D eigenvalue weighted by molar-refractivity contribution is 0.307. The smallest absolute Gasteiger partial charge is 0.166 e. The van der Waals surface area contributed by atoms with Crippen LogP contribution in [0.3, 0.4) is 0 Å². The van der Waals surface area contributed by atoms with Gasteiger partial charge in [0.1, 0.15) is 0 Å². The van der Waals surface area contributed by atoms with E-state index in [9.17, 15) is 5.11 Å². The van der Waals surface area contributed by atoms with Gasteiger partial charge in [-0.05, 0) is 44.8 Å². The summed E-state index contributed by atoms with van der Waals surface area (Å²) in [6.07, 6.45) is 1.67. The summed E-state index contributed by atoms with van der Waals surface area (Å²) in [6, 6.07) is 13.2. The summed E-state index contributed by atoms with van der Waals surface area (Å²) in [5.41, 5.74) is 1.67. The van der Waals surface area contributed by atoms with Crippen LogP contribution in [0, 0.1) is 0 Å². The van der Waals surface area contributed by atoms with E-state index in [4.69, 9.17) is 16.3 Å². The standard InChI is InChI=1S/C19H23ClN2O2/c1-4-24-18-11-7-8-14(19(18)23)12-21-13-17(22(2)3)15-9-5-6-10-16(15)20/h5-12,17,23H,4,13H2,1-3H3/t17-/m1/s1. The van der Waals surface area contributed by atoms with Crippen LogP contribution in [-0.4, -0.2) is 43.5 Å². The maximum atomic E-state index is 10.2. The monoisotopic (exact) mass is 346 g/mol. The molecule has 0 radical (unpaired) electrons. The molecular formula is C19H23ClN2O2. The van der Waals surface area contributed by atoms with Crippen LogP contribution in [0.15, 0.2) is 47.5 Å². The molecule has 0 saturated heterocycles. The fourth-order valence-electron chi connectivity index (χ4n) is 2.45. The van der Waals surface area contributed by atoms with E-state index in [1.54, 1.807) is 12.3 Å². The van der Waals surface area contributed by atoms with Crippen LogP contribution in [0.4, 0.5) is 0 Å². The van der Waals surface area contributed by atoms with E-state index in [0.717, 1.165) is 10.6 Å². The number of likely N-dealkylation sites (N-methyl/N-ethyl adjacent to an activating group) is 1. The molecule has 2 rings (SSSR count). The van der Waals surface area contributed by atoms with Gasteiger partial charge in [0.05, 0.1) is 19.2 Å². The molecule has 2 aromatic rings. The Hall–Kier alpha value is -2.04. The zero-order valence-corrected chi connectivity index (χ0v) is 15.0. The van der Waals surface area contributed by atoms with Crippen molar-refractivity contribution in [2.45, 2.75) is 13.0 Å². The highest BCUT2D eigenvalue weighted by Crippen LogP contribution is 2.29. The topological polar surface area (TPSA) is 45.1 Å². The van der Waals surface area contributed by atoms with Gasteiger partial charge in [-0.15, -0.1) is 0 Å². The number of aliphatic imine (C=N–C) groups is 1. The predicted molar refractivity (Wildman–Crippen MR) is 99.6 cm³/mol. The minimum absolute atomic E-state index is 0.0622. The van der Waals surface area contributed by atoms with E-state index in [1.165, 1.54) is 0 Å². The molecule has 0 saturated carbocycles. The molecule has 24 heavy (non-hydrogen) atoms.